The molecule has 1 amide bonds. The number of anilines is 1. The van der Waals surface area contributed by atoms with Crippen molar-refractivity contribution in [1.82, 2.24) is 10.3 Å². The van der Waals surface area contributed by atoms with Crippen LogP contribution in [0.1, 0.15) is 23.6 Å². The summed E-state index contributed by atoms with van der Waals surface area (Å²) in [6, 6.07) is 13.5. The maximum Gasteiger partial charge on any atom is 0.259 e. The summed E-state index contributed by atoms with van der Waals surface area (Å²) >= 11 is 5.34. The molecule has 0 unspecified atom stereocenters. The van der Waals surface area contributed by atoms with Crippen LogP contribution >= 0.6 is 12.2 Å². The van der Waals surface area contributed by atoms with Crippen LogP contribution < -0.4 is 15.5 Å². The average molecular weight is 399 g/mol. The second kappa shape index (κ2) is 9.85. The monoisotopic (exact) mass is 398 g/mol. The summed E-state index contributed by atoms with van der Waals surface area (Å²) in [6.45, 7) is 5.96. The van der Waals surface area contributed by atoms with Gasteiger partial charge in [0.15, 0.2) is 11.7 Å². The number of thiocarbonyl (C=S) groups is 1. The van der Waals surface area contributed by atoms with Crippen LogP contribution in [-0.4, -0.2) is 42.3 Å². The van der Waals surface area contributed by atoms with E-state index >= 15 is 0 Å². The predicted molar refractivity (Wildman–Crippen MR) is 118 cm³/mol. The third-order valence-electron chi connectivity index (χ3n) is 4.18. The van der Waals surface area contributed by atoms with Gasteiger partial charge in [-0.25, -0.2) is 0 Å². The molecular weight excluding hydrogens is 372 g/mol. The Morgan fingerprint density at radius 2 is 1.71 bits per heavy atom. The van der Waals surface area contributed by atoms with Gasteiger partial charge in [0.25, 0.3) is 5.91 Å². The van der Waals surface area contributed by atoms with E-state index in [4.69, 9.17) is 17.0 Å². The molecule has 0 radical (unpaired) electrons. The van der Waals surface area contributed by atoms with E-state index in [1.165, 1.54) is 4.90 Å². The van der Waals surface area contributed by atoms with Crippen LogP contribution in [0.2, 0.25) is 0 Å². The molecule has 2 rings (SSSR count). The van der Waals surface area contributed by atoms with Gasteiger partial charge < -0.3 is 15.0 Å². The summed E-state index contributed by atoms with van der Waals surface area (Å²) in [5.74, 6) is 0.544. The van der Waals surface area contributed by atoms with Crippen molar-refractivity contribution in [2.45, 2.75) is 20.8 Å². The molecule has 0 aliphatic heterocycles. The molecule has 0 heterocycles. The number of nitrogens with one attached hydrogen (secondary N) is 2. The zero-order valence-electron chi connectivity index (χ0n) is 16.9. The summed E-state index contributed by atoms with van der Waals surface area (Å²) in [5.41, 5.74) is 7.81. The summed E-state index contributed by atoms with van der Waals surface area (Å²) < 4.78 is 5.47. The van der Waals surface area contributed by atoms with Crippen molar-refractivity contribution >= 4 is 34.6 Å². The zero-order chi connectivity index (χ0) is 20.7. The molecule has 0 spiro atoms. The highest BCUT2D eigenvalue weighted by Crippen LogP contribution is 2.19. The first-order chi connectivity index (χ1) is 13.3. The second-order valence-electron chi connectivity index (χ2n) is 6.63. The van der Waals surface area contributed by atoms with Crippen LogP contribution in [0.5, 0.6) is 5.75 Å². The standard InChI is InChI=1S/C21H26N4O2S/c1-14-7-6-8-15(2)20(14)22-21(28)24-23-16(3)17-9-11-18(12-10-17)27-13-19(26)25(4)5/h6-12H,13H2,1-5H3,(H2,22,24,28)/b23-16+. The van der Waals surface area contributed by atoms with Crippen molar-refractivity contribution in [3.05, 3.63) is 59.2 Å². The molecule has 0 bridgehead atoms. The number of amides is 1. The third-order valence-corrected chi connectivity index (χ3v) is 4.37. The molecule has 0 aliphatic rings. The number of hydrogen-bond donors (Lipinski definition) is 2. The maximum absolute atomic E-state index is 11.6. The van der Waals surface area contributed by atoms with Gasteiger partial charge in [-0.05, 0) is 73.9 Å². The number of carbonyl (C=O) groups is 1. The first kappa shape index (κ1) is 21.4. The number of nitrogens with zero attached hydrogens (tertiary/aromatic N) is 2. The number of ether oxygens (including phenoxy) is 1. The molecule has 0 fully saturated rings. The Morgan fingerprint density at radius 1 is 1.11 bits per heavy atom. The number of rotatable bonds is 6. The van der Waals surface area contributed by atoms with Crippen LogP contribution in [-0.2, 0) is 4.79 Å². The van der Waals surface area contributed by atoms with E-state index in [1.54, 1.807) is 14.1 Å². The second-order valence-corrected chi connectivity index (χ2v) is 7.04. The fourth-order valence-corrected chi connectivity index (χ4v) is 2.57. The van der Waals surface area contributed by atoms with Crippen molar-refractivity contribution in [3.8, 4) is 5.75 Å². The number of carbonyl (C=O) groups excluding carboxylic acids is 1. The molecule has 0 saturated carbocycles. The van der Waals surface area contributed by atoms with Crippen molar-refractivity contribution in [3.63, 3.8) is 0 Å². The molecule has 28 heavy (non-hydrogen) atoms. The van der Waals surface area contributed by atoms with E-state index in [9.17, 15) is 4.79 Å². The molecule has 2 aromatic carbocycles. The van der Waals surface area contributed by atoms with E-state index in [0.717, 1.165) is 28.1 Å². The Labute approximate surface area is 171 Å². The van der Waals surface area contributed by atoms with E-state index in [1.807, 2.05) is 63.2 Å². The van der Waals surface area contributed by atoms with Gasteiger partial charge in [-0.2, -0.15) is 5.10 Å². The lowest BCUT2D eigenvalue weighted by molar-refractivity contribution is -0.130. The lowest BCUT2D eigenvalue weighted by Gasteiger charge is -2.13. The van der Waals surface area contributed by atoms with Gasteiger partial charge in [-0.15, -0.1) is 0 Å². The number of hydrogen-bond acceptors (Lipinski definition) is 4. The van der Waals surface area contributed by atoms with Crippen molar-refractivity contribution in [1.29, 1.82) is 0 Å². The molecule has 7 heteroatoms. The van der Waals surface area contributed by atoms with Gasteiger partial charge in [0, 0.05) is 19.8 Å². The smallest absolute Gasteiger partial charge is 0.259 e. The summed E-state index contributed by atoms with van der Waals surface area (Å²) in [4.78, 5) is 13.1. The summed E-state index contributed by atoms with van der Waals surface area (Å²) in [5, 5.41) is 7.96. The van der Waals surface area contributed by atoms with Crippen molar-refractivity contribution in [2.24, 2.45) is 5.10 Å². The minimum atomic E-state index is -0.0871. The third kappa shape index (κ3) is 6.06. The molecule has 148 valence electrons. The Morgan fingerprint density at radius 3 is 2.29 bits per heavy atom. The number of aryl methyl sites for hydroxylation is 2. The minimum Gasteiger partial charge on any atom is -0.484 e. The summed E-state index contributed by atoms with van der Waals surface area (Å²) in [6.07, 6.45) is 0. The van der Waals surface area contributed by atoms with E-state index in [0.29, 0.717) is 10.9 Å². The highest BCUT2D eigenvalue weighted by Gasteiger charge is 2.06. The Bertz CT molecular complexity index is 856. The lowest BCUT2D eigenvalue weighted by atomic mass is 10.1. The Hall–Kier alpha value is -2.93. The number of benzene rings is 2. The molecule has 0 aromatic heterocycles. The van der Waals surface area contributed by atoms with E-state index in [-0.39, 0.29) is 12.5 Å². The molecule has 0 atom stereocenters. The average Bonchev–Trinajstić information content (AvgIpc) is 2.67. The van der Waals surface area contributed by atoms with Crippen LogP contribution in [0.25, 0.3) is 0 Å². The first-order valence-corrected chi connectivity index (χ1v) is 9.29. The van der Waals surface area contributed by atoms with Gasteiger partial charge in [-0.3, -0.25) is 10.2 Å². The Kier molecular flexibility index (Phi) is 7.52. The van der Waals surface area contributed by atoms with Crippen LogP contribution in [0, 0.1) is 13.8 Å². The van der Waals surface area contributed by atoms with Crippen LogP contribution in [0.15, 0.2) is 47.6 Å². The highest BCUT2D eigenvalue weighted by atomic mass is 32.1. The maximum atomic E-state index is 11.6. The zero-order valence-corrected chi connectivity index (χ0v) is 17.7. The number of hydrazone groups is 1. The fourth-order valence-electron chi connectivity index (χ4n) is 2.42. The number of likely N-dealkylation sites (N-methyl/N-ethyl adjacent to an activating group) is 1. The highest BCUT2D eigenvalue weighted by molar-refractivity contribution is 7.80. The van der Waals surface area contributed by atoms with Crippen LogP contribution in [0.3, 0.4) is 0 Å². The molecule has 6 nitrogen and oxygen atoms in total. The number of para-hydroxylation sites is 1. The summed E-state index contributed by atoms with van der Waals surface area (Å²) in [7, 11) is 3.39. The molecule has 0 aliphatic carbocycles. The molecular formula is C21H26N4O2S. The first-order valence-electron chi connectivity index (χ1n) is 8.89. The topological polar surface area (TPSA) is 66.0 Å². The van der Waals surface area contributed by atoms with E-state index in [2.05, 4.69) is 15.8 Å². The van der Waals surface area contributed by atoms with Crippen molar-refractivity contribution < 1.29 is 9.53 Å². The Balaban J connectivity index is 1.94. The van der Waals surface area contributed by atoms with Gasteiger partial charge in [0.05, 0.1) is 5.71 Å². The van der Waals surface area contributed by atoms with Gasteiger partial charge in [0.2, 0.25) is 0 Å². The quantitative estimate of drug-likeness (QED) is 0.443. The van der Waals surface area contributed by atoms with E-state index < -0.39 is 0 Å². The molecule has 2 N–H and O–H groups in total. The van der Waals surface area contributed by atoms with Gasteiger partial charge >= 0.3 is 0 Å². The normalized spacial score (nSPS) is 11.0. The minimum absolute atomic E-state index is 0.0131. The van der Waals surface area contributed by atoms with Crippen molar-refractivity contribution in [2.75, 3.05) is 26.0 Å². The predicted octanol–water partition coefficient (Wildman–Crippen LogP) is 3.48. The van der Waals surface area contributed by atoms with Gasteiger partial charge in [0.1, 0.15) is 5.75 Å². The lowest BCUT2D eigenvalue weighted by Crippen LogP contribution is -2.27. The fraction of sp³-hybridized carbons (Fsp3) is 0.286. The van der Waals surface area contributed by atoms with Crippen LogP contribution in [0.4, 0.5) is 5.69 Å². The SMILES string of the molecule is C/C(=N\NC(=S)Nc1c(C)cccc1C)c1ccc(OCC(=O)N(C)C)cc1. The van der Waals surface area contributed by atoms with Gasteiger partial charge in [-0.1, -0.05) is 18.2 Å². The molecule has 0 saturated heterocycles. The largest absolute Gasteiger partial charge is 0.484 e. The molecule has 2 aromatic rings.